The Labute approximate surface area is 207 Å². The first-order valence-electron chi connectivity index (χ1n) is 12.8. The van der Waals surface area contributed by atoms with E-state index in [1.165, 1.54) is 25.5 Å². The van der Waals surface area contributed by atoms with E-state index in [9.17, 15) is 19.1 Å². The maximum Gasteiger partial charge on any atom is 0.253 e. The van der Waals surface area contributed by atoms with Gasteiger partial charge in [-0.1, -0.05) is 25.1 Å². The Kier molecular flexibility index (Phi) is 8.52. The van der Waals surface area contributed by atoms with Crippen LogP contribution in [-0.2, 0) is 0 Å². The summed E-state index contributed by atoms with van der Waals surface area (Å²) in [4.78, 5) is 30.4. The minimum absolute atomic E-state index is 0.00747. The molecule has 2 aliphatic rings. The van der Waals surface area contributed by atoms with Crippen molar-refractivity contribution in [3.63, 3.8) is 0 Å². The van der Waals surface area contributed by atoms with Gasteiger partial charge in [0.2, 0.25) is 0 Å². The number of carbonyl (C=O) groups is 2. The number of halogens is 1. The third-order valence-electron chi connectivity index (χ3n) is 7.35. The van der Waals surface area contributed by atoms with E-state index >= 15 is 0 Å². The van der Waals surface area contributed by atoms with E-state index in [1.54, 1.807) is 42.5 Å². The molecule has 35 heavy (non-hydrogen) atoms. The molecule has 0 radical (unpaired) electrons. The molecule has 2 amide bonds. The van der Waals surface area contributed by atoms with Crippen molar-refractivity contribution in [2.24, 2.45) is 5.92 Å². The number of likely N-dealkylation sites (tertiary alicyclic amines) is 2. The molecular formula is C28H36FN3O3. The fraction of sp³-hybridized carbons (Fsp3) is 0.500. The lowest BCUT2D eigenvalue weighted by Crippen LogP contribution is -2.49. The molecule has 2 aromatic rings. The highest BCUT2D eigenvalue weighted by atomic mass is 19.1. The zero-order valence-electron chi connectivity index (χ0n) is 20.5. The van der Waals surface area contributed by atoms with Gasteiger partial charge < -0.3 is 15.3 Å². The number of hydrogen-bond acceptors (Lipinski definition) is 4. The van der Waals surface area contributed by atoms with Gasteiger partial charge in [-0.2, -0.15) is 0 Å². The van der Waals surface area contributed by atoms with E-state index in [2.05, 4.69) is 17.1 Å². The highest BCUT2D eigenvalue weighted by Crippen LogP contribution is 2.25. The fourth-order valence-corrected chi connectivity index (χ4v) is 5.37. The first-order chi connectivity index (χ1) is 17.0. The third kappa shape index (κ3) is 6.27. The lowest BCUT2D eigenvalue weighted by Gasteiger charge is -2.41. The summed E-state index contributed by atoms with van der Waals surface area (Å²) in [6, 6.07) is 12.8. The SMILES string of the molecule is CC1CCCN(C2CCN(C(=O)c3ccc(C(=O)NC(CCO)c4ccccc4F)cc3)CC2)C1. The lowest BCUT2D eigenvalue weighted by atomic mass is 9.95. The molecule has 0 spiro atoms. The molecule has 2 aliphatic heterocycles. The third-order valence-corrected chi connectivity index (χ3v) is 7.35. The van der Waals surface area contributed by atoms with Crippen LogP contribution in [0.1, 0.15) is 71.3 Å². The first-order valence-corrected chi connectivity index (χ1v) is 12.8. The second-order valence-corrected chi connectivity index (χ2v) is 9.90. The molecular weight excluding hydrogens is 445 g/mol. The van der Waals surface area contributed by atoms with Crippen LogP contribution in [0.5, 0.6) is 0 Å². The average Bonchev–Trinajstić information content (AvgIpc) is 2.88. The number of aliphatic hydroxyl groups is 1. The van der Waals surface area contributed by atoms with Gasteiger partial charge in [-0.05, 0) is 74.9 Å². The smallest absolute Gasteiger partial charge is 0.253 e. The number of nitrogens with zero attached hydrogens (tertiary/aromatic N) is 2. The Bertz CT molecular complexity index is 1000. The lowest BCUT2D eigenvalue weighted by molar-refractivity contribution is 0.0541. The summed E-state index contributed by atoms with van der Waals surface area (Å²) in [5.74, 6) is -0.0512. The summed E-state index contributed by atoms with van der Waals surface area (Å²) < 4.78 is 14.2. The summed E-state index contributed by atoms with van der Waals surface area (Å²) in [7, 11) is 0. The van der Waals surface area contributed by atoms with Crippen LogP contribution in [0.2, 0.25) is 0 Å². The molecule has 2 N–H and O–H groups in total. The van der Waals surface area contributed by atoms with Crippen molar-refractivity contribution in [3.8, 4) is 0 Å². The highest BCUT2D eigenvalue weighted by molar-refractivity contribution is 5.98. The molecule has 2 heterocycles. The molecule has 0 saturated carbocycles. The van der Waals surface area contributed by atoms with Crippen molar-refractivity contribution in [1.82, 2.24) is 15.1 Å². The van der Waals surface area contributed by atoms with E-state index in [0.717, 1.165) is 38.4 Å². The Morgan fingerprint density at radius 3 is 2.37 bits per heavy atom. The molecule has 6 nitrogen and oxygen atoms in total. The molecule has 2 saturated heterocycles. The van der Waals surface area contributed by atoms with E-state index in [1.807, 2.05) is 4.90 Å². The van der Waals surface area contributed by atoms with Gasteiger partial charge in [0.25, 0.3) is 11.8 Å². The quantitative estimate of drug-likeness (QED) is 0.627. The summed E-state index contributed by atoms with van der Waals surface area (Å²) in [6.45, 7) is 5.98. The predicted molar refractivity (Wildman–Crippen MR) is 134 cm³/mol. The van der Waals surface area contributed by atoms with Gasteiger partial charge in [0.05, 0.1) is 6.04 Å². The minimum Gasteiger partial charge on any atom is -0.396 e. The summed E-state index contributed by atoms with van der Waals surface area (Å²) in [5, 5.41) is 12.2. The van der Waals surface area contributed by atoms with Gasteiger partial charge >= 0.3 is 0 Å². The minimum atomic E-state index is -0.640. The number of amides is 2. The van der Waals surface area contributed by atoms with Gasteiger partial charge in [0, 0.05) is 49.0 Å². The second-order valence-electron chi connectivity index (χ2n) is 9.90. The van der Waals surface area contributed by atoms with Crippen LogP contribution < -0.4 is 5.32 Å². The van der Waals surface area contributed by atoms with E-state index < -0.39 is 11.9 Å². The van der Waals surface area contributed by atoms with Crippen molar-refractivity contribution in [3.05, 3.63) is 71.0 Å². The van der Waals surface area contributed by atoms with Crippen molar-refractivity contribution in [2.45, 2.75) is 51.1 Å². The Morgan fingerprint density at radius 1 is 1.03 bits per heavy atom. The molecule has 4 rings (SSSR count). The molecule has 0 aromatic heterocycles. The van der Waals surface area contributed by atoms with Crippen molar-refractivity contribution < 1.29 is 19.1 Å². The van der Waals surface area contributed by atoms with Crippen LogP contribution in [0.25, 0.3) is 0 Å². The van der Waals surface area contributed by atoms with Gasteiger partial charge in [-0.15, -0.1) is 0 Å². The number of piperidine rings is 2. The maximum atomic E-state index is 14.2. The van der Waals surface area contributed by atoms with Gasteiger partial charge in [-0.3, -0.25) is 14.5 Å². The first kappa shape index (κ1) is 25.3. The van der Waals surface area contributed by atoms with Gasteiger partial charge in [0.15, 0.2) is 0 Å². The number of benzene rings is 2. The van der Waals surface area contributed by atoms with Crippen LogP contribution in [0.4, 0.5) is 4.39 Å². The molecule has 188 valence electrons. The summed E-state index contributed by atoms with van der Waals surface area (Å²) in [6.07, 6.45) is 4.78. The zero-order chi connectivity index (χ0) is 24.8. The van der Waals surface area contributed by atoms with Gasteiger partial charge in [0.1, 0.15) is 5.82 Å². The zero-order valence-corrected chi connectivity index (χ0v) is 20.5. The normalized spacial score (nSPS) is 20.4. The molecule has 2 aromatic carbocycles. The van der Waals surface area contributed by atoms with Crippen LogP contribution in [0.15, 0.2) is 48.5 Å². The number of rotatable bonds is 7. The highest BCUT2D eigenvalue weighted by Gasteiger charge is 2.29. The van der Waals surface area contributed by atoms with Crippen molar-refractivity contribution in [1.29, 1.82) is 0 Å². The molecule has 2 unspecified atom stereocenters. The van der Waals surface area contributed by atoms with Crippen molar-refractivity contribution in [2.75, 3.05) is 32.8 Å². The van der Waals surface area contributed by atoms with Gasteiger partial charge in [-0.25, -0.2) is 4.39 Å². The number of aliphatic hydroxyl groups excluding tert-OH is 1. The molecule has 2 atom stereocenters. The summed E-state index contributed by atoms with van der Waals surface area (Å²) in [5.41, 5.74) is 1.29. The Hall–Kier alpha value is -2.77. The van der Waals surface area contributed by atoms with Crippen LogP contribution in [-0.4, -0.2) is 65.5 Å². The number of hydrogen-bond donors (Lipinski definition) is 2. The van der Waals surface area contributed by atoms with Crippen LogP contribution in [0, 0.1) is 11.7 Å². The fourth-order valence-electron chi connectivity index (χ4n) is 5.37. The molecule has 0 aliphatic carbocycles. The monoisotopic (exact) mass is 481 g/mol. The van der Waals surface area contributed by atoms with E-state index in [4.69, 9.17) is 0 Å². The molecule has 2 fully saturated rings. The Morgan fingerprint density at radius 2 is 1.71 bits per heavy atom. The number of nitrogens with one attached hydrogen (secondary N) is 1. The number of carbonyl (C=O) groups excluding carboxylic acids is 2. The maximum absolute atomic E-state index is 14.2. The van der Waals surface area contributed by atoms with Crippen molar-refractivity contribution >= 4 is 11.8 Å². The Balaban J connectivity index is 1.34. The van der Waals surface area contributed by atoms with Crippen LogP contribution >= 0.6 is 0 Å². The van der Waals surface area contributed by atoms with E-state index in [0.29, 0.717) is 22.7 Å². The second kappa shape index (κ2) is 11.8. The average molecular weight is 482 g/mol. The molecule has 0 bridgehead atoms. The largest absolute Gasteiger partial charge is 0.396 e. The molecule has 7 heteroatoms. The van der Waals surface area contributed by atoms with E-state index in [-0.39, 0.29) is 24.8 Å². The summed E-state index contributed by atoms with van der Waals surface area (Å²) >= 11 is 0. The predicted octanol–water partition coefficient (Wildman–Crippen LogP) is 4.02. The van der Waals surface area contributed by atoms with Crippen LogP contribution in [0.3, 0.4) is 0 Å². The standard InChI is InChI=1S/C28H36FN3O3/c1-20-5-4-15-32(19-20)23-12-16-31(17-13-23)28(35)22-10-8-21(9-11-22)27(34)30-26(14-18-33)24-6-2-3-7-25(24)29/h2-3,6-11,20,23,26,33H,4-5,12-19H2,1H3,(H,30,34). The topological polar surface area (TPSA) is 72.9 Å².